The normalized spacial score (nSPS) is 16.7. The van der Waals surface area contributed by atoms with Crippen LogP contribution in [0.1, 0.15) is 89.8 Å². The number of hydrogen-bond donors (Lipinski definition) is 7. The lowest BCUT2D eigenvalue weighted by Crippen LogP contribution is -2.30. The number of halogens is 1. The molecule has 0 saturated carbocycles. The number of allylic oxidation sites excluding steroid dienone is 7. The van der Waals surface area contributed by atoms with Crippen molar-refractivity contribution in [3.8, 4) is 5.75 Å². The summed E-state index contributed by atoms with van der Waals surface area (Å²) in [7, 11) is -18.0. The number of nitrogens with zero attached hydrogens (tertiary/aromatic N) is 1. The van der Waals surface area contributed by atoms with Crippen LogP contribution in [-0.4, -0.2) is 107 Å². The van der Waals surface area contributed by atoms with Gasteiger partial charge in [0.15, 0.2) is 0 Å². The summed E-state index contributed by atoms with van der Waals surface area (Å²) in [5.41, 5.74) is 3.83. The van der Waals surface area contributed by atoms with Crippen LogP contribution in [0.4, 0.5) is 11.4 Å². The Labute approximate surface area is 436 Å². The van der Waals surface area contributed by atoms with Crippen LogP contribution in [0.25, 0.3) is 0 Å². The molecule has 1 heterocycles. The monoisotopic (exact) mass is 1150 g/mol. The Bertz CT molecular complexity index is 3150. The van der Waals surface area contributed by atoms with E-state index in [1.807, 2.05) is 58.9 Å². The van der Waals surface area contributed by atoms with Crippen LogP contribution in [0.2, 0.25) is 0 Å². The van der Waals surface area contributed by atoms with Crippen LogP contribution in [0, 0.1) is 0 Å². The fourth-order valence-electron chi connectivity index (χ4n) is 8.91. The van der Waals surface area contributed by atoms with Gasteiger partial charge in [0.05, 0.1) is 26.6 Å². The van der Waals surface area contributed by atoms with Crippen molar-refractivity contribution in [2.75, 3.05) is 53.2 Å². The quantitative estimate of drug-likeness (QED) is 0.0268. The first-order valence-corrected chi connectivity index (χ1v) is 30.4. The molecule has 0 saturated heterocycles. The number of carbonyl (C=O) groups is 2. The maximum atomic E-state index is 12.6. The average Bonchev–Trinajstić information content (AvgIpc) is 3.50. The summed E-state index contributed by atoms with van der Waals surface area (Å²) >= 11 is 3.09. The number of fused-ring (bicyclic) bond motifs is 1. The van der Waals surface area contributed by atoms with Crippen LogP contribution in [0.15, 0.2) is 117 Å². The molecule has 0 radical (unpaired) electrons. The van der Waals surface area contributed by atoms with Gasteiger partial charge in [-0.05, 0) is 133 Å². The molecular formula is C49H63BrN4O15S4. The van der Waals surface area contributed by atoms with Crippen LogP contribution in [0.5, 0.6) is 5.75 Å². The van der Waals surface area contributed by atoms with Crippen molar-refractivity contribution in [3.05, 3.63) is 124 Å². The predicted molar refractivity (Wildman–Crippen MR) is 282 cm³/mol. The number of alkyl halides is 1. The molecule has 1 aliphatic carbocycles. The molecule has 5 rings (SSSR count). The van der Waals surface area contributed by atoms with E-state index in [0.717, 1.165) is 22.3 Å². The SMILES string of the molecule is C/C(=C\C1=C(Oc2ccc(CCC(=O)NCCCNC(=O)CBr)cc2)C(=C/C=C2/N(CCS(=O)(=O)O)c3ccc(S(=O)(=O)O)cc3C2(C)C)/CCC1)CC(C)(C)c1cc(S(=O)(=O)O)ccc1NCCS(=O)(=O)O. The smallest absolute Gasteiger partial charge is 0.294 e. The van der Waals surface area contributed by atoms with Crippen LogP contribution in [0.3, 0.4) is 0 Å². The van der Waals surface area contributed by atoms with E-state index in [0.29, 0.717) is 91.3 Å². The van der Waals surface area contributed by atoms with Gasteiger partial charge in [0, 0.05) is 55.1 Å². The van der Waals surface area contributed by atoms with Crippen molar-refractivity contribution in [2.45, 2.75) is 100 Å². The Hall–Kier alpha value is -4.92. The van der Waals surface area contributed by atoms with E-state index in [-0.39, 0.29) is 46.4 Å². The van der Waals surface area contributed by atoms with E-state index in [4.69, 9.17) is 4.74 Å². The largest absolute Gasteiger partial charge is 0.457 e. The lowest BCUT2D eigenvalue weighted by Gasteiger charge is -2.30. The summed E-state index contributed by atoms with van der Waals surface area (Å²) in [5, 5.41) is 8.75. The van der Waals surface area contributed by atoms with Crippen molar-refractivity contribution >= 4 is 79.6 Å². The standard InChI is InChI=1S/C49H63BrN4O15S4/c1-33(31-48(2,3)40-29-38(72(63,64)65)16-18-42(40)51-24-26-70(57,58)59)28-36-9-6-8-35(47(36)69-37-14-10-34(11-15-37)12-21-45(55)52-22-7-23-53-46(56)32-50)13-20-44-49(4,5)41-30-39(73(66,67)68)17-19-43(41)54(44)25-27-71(60,61)62/h10-11,13-20,28-30,51H,6-9,12,21-27,31-32H2,1-5H3,(H,52,55)(H,53,56)(H,57,58,59)(H,60,61,62)(H,63,64,65)(H,66,67,68)/b33-28+,35-13+,44-20+. The van der Waals surface area contributed by atoms with Gasteiger partial charge in [0.2, 0.25) is 11.8 Å². The Morgan fingerprint density at radius 3 is 2.03 bits per heavy atom. The number of benzene rings is 3. The van der Waals surface area contributed by atoms with E-state index >= 15 is 0 Å². The third kappa shape index (κ3) is 17.1. The van der Waals surface area contributed by atoms with Crippen LogP contribution in [-0.2, 0) is 67.3 Å². The van der Waals surface area contributed by atoms with Gasteiger partial charge >= 0.3 is 0 Å². The number of nitrogens with one attached hydrogen (secondary N) is 3. The van der Waals surface area contributed by atoms with Gasteiger partial charge in [0.1, 0.15) is 11.5 Å². The maximum Gasteiger partial charge on any atom is 0.294 e. The zero-order chi connectivity index (χ0) is 54.2. The number of aryl methyl sites for hydroxylation is 1. The molecule has 1 aliphatic heterocycles. The lowest BCUT2D eigenvalue weighted by molar-refractivity contribution is -0.121. The van der Waals surface area contributed by atoms with Crippen LogP contribution < -0.4 is 25.6 Å². The highest BCUT2D eigenvalue weighted by Crippen LogP contribution is 2.49. The van der Waals surface area contributed by atoms with Crippen LogP contribution >= 0.6 is 15.9 Å². The van der Waals surface area contributed by atoms with Crippen molar-refractivity contribution in [1.82, 2.24) is 10.6 Å². The Kier molecular flexibility index (Phi) is 19.5. The summed E-state index contributed by atoms with van der Waals surface area (Å²) in [6, 6.07) is 15.2. The first-order valence-electron chi connectivity index (χ1n) is 23.2. The van der Waals surface area contributed by atoms with E-state index < -0.39 is 62.8 Å². The van der Waals surface area contributed by atoms with Crippen molar-refractivity contribution in [3.63, 3.8) is 0 Å². The Morgan fingerprint density at radius 1 is 0.795 bits per heavy atom. The zero-order valence-corrected chi connectivity index (χ0v) is 46.0. The Morgan fingerprint density at radius 2 is 1.41 bits per heavy atom. The number of ether oxygens (including phenoxy) is 1. The maximum absolute atomic E-state index is 12.6. The van der Waals surface area contributed by atoms with E-state index in [2.05, 4.69) is 31.9 Å². The van der Waals surface area contributed by atoms with Crippen molar-refractivity contribution < 1.29 is 66.2 Å². The zero-order valence-electron chi connectivity index (χ0n) is 41.1. The molecule has 0 spiro atoms. The molecule has 0 bridgehead atoms. The summed E-state index contributed by atoms with van der Waals surface area (Å²) in [5.74, 6) is -0.551. The number of anilines is 2. The minimum absolute atomic E-state index is 0.137. The fraction of sp³-hybridized carbons (Fsp3) is 0.429. The lowest BCUT2D eigenvalue weighted by atomic mass is 9.77. The van der Waals surface area contributed by atoms with Crippen molar-refractivity contribution in [2.24, 2.45) is 0 Å². The molecule has 24 heteroatoms. The number of carbonyl (C=O) groups excluding carboxylic acids is 2. The second kappa shape index (κ2) is 24.2. The molecule has 0 fully saturated rings. The third-order valence-corrected chi connectivity index (χ3v) is 16.0. The molecule has 400 valence electrons. The summed E-state index contributed by atoms with van der Waals surface area (Å²) in [4.78, 5) is 25.0. The van der Waals surface area contributed by atoms with Gasteiger partial charge < -0.3 is 25.6 Å². The number of hydrogen-bond acceptors (Lipinski definition) is 13. The van der Waals surface area contributed by atoms with Gasteiger partial charge in [-0.2, -0.15) is 33.7 Å². The molecule has 2 amide bonds. The summed E-state index contributed by atoms with van der Waals surface area (Å²) in [6.45, 7) is 9.73. The first-order chi connectivity index (χ1) is 33.9. The van der Waals surface area contributed by atoms with Gasteiger partial charge in [-0.15, -0.1) is 0 Å². The fourth-order valence-corrected chi connectivity index (χ4v) is 10.9. The molecule has 19 nitrogen and oxygen atoms in total. The predicted octanol–water partition coefficient (Wildman–Crippen LogP) is 7.06. The van der Waals surface area contributed by atoms with Gasteiger partial charge in [0.25, 0.3) is 40.5 Å². The van der Waals surface area contributed by atoms with Gasteiger partial charge in [-0.3, -0.25) is 27.8 Å². The molecule has 0 aromatic heterocycles. The Balaban J connectivity index is 1.54. The van der Waals surface area contributed by atoms with E-state index in [9.17, 15) is 61.5 Å². The highest BCUT2D eigenvalue weighted by atomic mass is 79.9. The molecule has 3 aromatic rings. The molecule has 73 heavy (non-hydrogen) atoms. The number of amides is 2. The summed E-state index contributed by atoms with van der Waals surface area (Å²) < 4.78 is 142. The molecule has 0 atom stereocenters. The molecule has 2 aliphatic rings. The molecular weight excluding hydrogens is 1090 g/mol. The van der Waals surface area contributed by atoms with E-state index in [1.54, 1.807) is 23.1 Å². The average molecular weight is 1160 g/mol. The minimum Gasteiger partial charge on any atom is -0.457 e. The molecule has 3 aromatic carbocycles. The highest BCUT2D eigenvalue weighted by Gasteiger charge is 2.41. The second-order valence-corrected chi connectivity index (χ2v) is 25.6. The molecule has 7 N–H and O–H groups in total. The topological polar surface area (TPSA) is 300 Å². The first kappa shape index (κ1) is 59.0. The highest BCUT2D eigenvalue weighted by molar-refractivity contribution is 9.09. The van der Waals surface area contributed by atoms with Gasteiger partial charge in [-0.25, -0.2) is 0 Å². The number of rotatable bonds is 24. The summed E-state index contributed by atoms with van der Waals surface area (Å²) in [6.07, 6.45) is 8.96. The molecule has 0 unspecified atom stereocenters. The second-order valence-electron chi connectivity index (χ2n) is 19.0. The van der Waals surface area contributed by atoms with Gasteiger partial charge in [-0.1, -0.05) is 73.5 Å². The third-order valence-electron chi connectivity index (χ3n) is 12.4. The minimum atomic E-state index is -4.63. The van der Waals surface area contributed by atoms with E-state index in [1.165, 1.54) is 36.4 Å². The van der Waals surface area contributed by atoms with Crippen molar-refractivity contribution in [1.29, 1.82) is 0 Å².